The molecule has 1 N–H and O–H groups in total. The van der Waals surface area contributed by atoms with E-state index in [1.807, 2.05) is 0 Å². The number of alkyl halides is 3. The van der Waals surface area contributed by atoms with Crippen molar-refractivity contribution in [3.05, 3.63) is 65.2 Å². The van der Waals surface area contributed by atoms with E-state index in [-0.39, 0.29) is 5.75 Å². The van der Waals surface area contributed by atoms with Gasteiger partial charge in [-0.3, -0.25) is 0 Å². The molecule has 0 amide bonds. The Labute approximate surface area is 140 Å². The summed E-state index contributed by atoms with van der Waals surface area (Å²) in [5.74, 6) is 0.336. The quantitative estimate of drug-likeness (QED) is 0.715. The Balaban J connectivity index is 1.79. The summed E-state index contributed by atoms with van der Waals surface area (Å²) in [5.41, 5.74) is 3.30. The van der Waals surface area contributed by atoms with Gasteiger partial charge in [0.15, 0.2) is 0 Å². The molecule has 0 spiro atoms. The fraction of sp³-hybridized carbons (Fsp3) is 0.368. The van der Waals surface area contributed by atoms with Gasteiger partial charge in [0.25, 0.3) is 0 Å². The van der Waals surface area contributed by atoms with Crippen LogP contribution in [0.4, 0.5) is 13.2 Å². The Hall–Kier alpha value is -2.01. The van der Waals surface area contributed by atoms with E-state index < -0.39 is 6.36 Å². The summed E-state index contributed by atoms with van der Waals surface area (Å²) < 4.78 is 40.6. The van der Waals surface area contributed by atoms with E-state index in [2.05, 4.69) is 48.2 Å². The van der Waals surface area contributed by atoms with Crippen molar-refractivity contribution < 1.29 is 17.9 Å². The van der Waals surface area contributed by atoms with Crippen molar-refractivity contribution in [1.82, 2.24) is 5.32 Å². The Morgan fingerprint density at radius 3 is 2.33 bits per heavy atom. The van der Waals surface area contributed by atoms with Gasteiger partial charge < -0.3 is 10.1 Å². The van der Waals surface area contributed by atoms with Crippen LogP contribution in [0.15, 0.2) is 48.5 Å². The van der Waals surface area contributed by atoms with Crippen molar-refractivity contribution in [2.45, 2.75) is 39.1 Å². The molecule has 0 fully saturated rings. The number of halogens is 3. The fourth-order valence-electron chi connectivity index (χ4n) is 2.38. The van der Waals surface area contributed by atoms with Crippen LogP contribution in [0.3, 0.4) is 0 Å². The molecule has 2 nitrogen and oxygen atoms in total. The first-order valence-electron chi connectivity index (χ1n) is 7.98. The van der Waals surface area contributed by atoms with E-state index in [9.17, 15) is 13.2 Å². The number of rotatable bonds is 7. The molecule has 0 saturated carbocycles. The van der Waals surface area contributed by atoms with Gasteiger partial charge in [-0.1, -0.05) is 50.2 Å². The van der Waals surface area contributed by atoms with Gasteiger partial charge in [0.2, 0.25) is 0 Å². The van der Waals surface area contributed by atoms with E-state index in [4.69, 9.17) is 0 Å². The van der Waals surface area contributed by atoms with Crippen molar-refractivity contribution in [3.8, 4) is 5.75 Å². The van der Waals surface area contributed by atoms with Crippen molar-refractivity contribution in [3.63, 3.8) is 0 Å². The molecule has 0 saturated heterocycles. The van der Waals surface area contributed by atoms with Gasteiger partial charge in [0.1, 0.15) is 5.75 Å². The second kappa shape index (κ2) is 8.20. The minimum Gasteiger partial charge on any atom is -0.406 e. The van der Waals surface area contributed by atoms with Gasteiger partial charge in [-0.05, 0) is 47.7 Å². The third-order valence-corrected chi connectivity index (χ3v) is 3.70. The van der Waals surface area contributed by atoms with E-state index in [1.165, 1.54) is 23.3 Å². The van der Waals surface area contributed by atoms with E-state index in [0.717, 1.165) is 12.1 Å². The number of benzene rings is 2. The third-order valence-electron chi connectivity index (χ3n) is 3.70. The van der Waals surface area contributed by atoms with Gasteiger partial charge >= 0.3 is 6.36 Å². The molecule has 0 unspecified atom stereocenters. The molecular formula is C19H22F3NO. The molecule has 0 radical (unpaired) electrons. The van der Waals surface area contributed by atoms with Crippen LogP contribution in [0, 0.1) is 0 Å². The first kappa shape index (κ1) is 18.3. The van der Waals surface area contributed by atoms with E-state index in [0.29, 0.717) is 18.9 Å². The van der Waals surface area contributed by atoms with Gasteiger partial charge in [0, 0.05) is 6.54 Å². The normalized spacial score (nSPS) is 11.8. The van der Waals surface area contributed by atoms with E-state index in [1.54, 1.807) is 12.1 Å². The number of ether oxygens (including phenoxy) is 1. The zero-order valence-corrected chi connectivity index (χ0v) is 13.9. The van der Waals surface area contributed by atoms with Crippen molar-refractivity contribution >= 4 is 0 Å². The summed E-state index contributed by atoms with van der Waals surface area (Å²) in [5, 5.41) is 3.30. The topological polar surface area (TPSA) is 21.3 Å². The SMILES string of the molecule is CC(C)c1ccc(CNCCc2cccc(OC(F)(F)F)c2)cc1. The van der Waals surface area contributed by atoms with Gasteiger partial charge in [-0.2, -0.15) is 0 Å². The van der Waals surface area contributed by atoms with Crippen LogP contribution < -0.4 is 10.1 Å². The lowest BCUT2D eigenvalue weighted by molar-refractivity contribution is -0.274. The summed E-state index contributed by atoms with van der Waals surface area (Å²) in [6, 6.07) is 14.5. The van der Waals surface area contributed by atoms with Crippen LogP contribution in [-0.4, -0.2) is 12.9 Å². The minimum atomic E-state index is -4.65. The summed E-state index contributed by atoms with van der Waals surface area (Å²) in [4.78, 5) is 0. The molecule has 0 atom stereocenters. The van der Waals surface area contributed by atoms with Crippen LogP contribution in [0.25, 0.3) is 0 Å². The number of hydrogen-bond donors (Lipinski definition) is 1. The molecule has 2 rings (SSSR count). The number of nitrogens with one attached hydrogen (secondary N) is 1. The molecule has 2 aromatic rings. The largest absolute Gasteiger partial charge is 0.573 e. The van der Waals surface area contributed by atoms with Crippen LogP contribution in [0.5, 0.6) is 5.75 Å². The maximum Gasteiger partial charge on any atom is 0.573 e. The Morgan fingerprint density at radius 1 is 1.00 bits per heavy atom. The second-order valence-corrected chi connectivity index (χ2v) is 6.02. The molecule has 24 heavy (non-hydrogen) atoms. The lowest BCUT2D eigenvalue weighted by atomic mass is 10.0. The molecule has 2 aromatic carbocycles. The highest BCUT2D eigenvalue weighted by Crippen LogP contribution is 2.23. The first-order chi connectivity index (χ1) is 11.3. The van der Waals surface area contributed by atoms with Crippen LogP contribution in [0.1, 0.15) is 36.5 Å². The average molecular weight is 337 g/mol. The smallest absolute Gasteiger partial charge is 0.406 e. The van der Waals surface area contributed by atoms with Crippen molar-refractivity contribution in [2.75, 3.05) is 6.54 Å². The van der Waals surface area contributed by atoms with E-state index >= 15 is 0 Å². The monoisotopic (exact) mass is 337 g/mol. The molecule has 5 heteroatoms. The molecule has 130 valence electrons. The van der Waals surface area contributed by atoms with Crippen molar-refractivity contribution in [1.29, 1.82) is 0 Å². The Bertz CT molecular complexity index is 636. The molecule has 0 bridgehead atoms. The zero-order chi connectivity index (χ0) is 17.6. The maximum atomic E-state index is 12.2. The lowest BCUT2D eigenvalue weighted by Gasteiger charge is -2.11. The van der Waals surface area contributed by atoms with Crippen molar-refractivity contribution in [2.24, 2.45) is 0 Å². The molecule has 0 aromatic heterocycles. The third kappa shape index (κ3) is 6.24. The molecule has 0 aliphatic rings. The van der Waals surface area contributed by atoms with Crippen LogP contribution in [-0.2, 0) is 13.0 Å². The summed E-state index contributed by atoms with van der Waals surface area (Å²) in [7, 11) is 0. The summed E-state index contributed by atoms with van der Waals surface area (Å²) in [6.45, 7) is 5.73. The van der Waals surface area contributed by atoms with Gasteiger partial charge in [0.05, 0.1) is 0 Å². The lowest BCUT2D eigenvalue weighted by Crippen LogP contribution is -2.18. The summed E-state index contributed by atoms with van der Waals surface area (Å²) >= 11 is 0. The minimum absolute atomic E-state index is 0.177. The molecule has 0 aliphatic carbocycles. The highest BCUT2D eigenvalue weighted by molar-refractivity contribution is 5.29. The van der Waals surface area contributed by atoms with Gasteiger partial charge in [-0.25, -0.2) is 0 Å². The van der Waals surface area contributed by atoms with Crippen LogP contribution >= 0.6 is 0 Å². The number of hydrogen-bond acceptors (Lipinski definition) is 2. The maximum absolute atomic E-state index is 12.2. The predicted octanol–water partition coefficient (Wildman–Crippen LogP) is 5.04. The molecular weight excluding hydrogens is 315 g/mol. The fourth-order valence-corrected chi connectivity index (χ4v) is 2.38. The summed E-state index contributed by atoms with van der Waals surface area (Å²) in [6.07, 6.45) is -4.02. The standard InChI is InChI=1S/C19H22F3NO/c1-14(2)17-8-6-16(7-9-17)13-23-11-10-15-4-3-5-18(12-15)24-19(20,21)22/h3-9,12,14,23H,10-11,13H2,1-2H3. The zero-order valence-electron chi connectivity index (χ0n) is 13.9. The molecule has 0 aliphatic heterocycles. The Kier molecular flexibility index (Phi) is 6.26. The average Bonchev–Trinajstić information content (AvgIpc) is 2.51. The highest BCUT2D eigenvalue weighted by atomic mass is 19.4. The first-order valence-corrected chi connectivity index (χ1v) is 7.98. The van der Waals surface area contributed by atoms with Gasteiger partial charge in [-0.15, -0.1) is 13.2 Å². The predicted molar refractivity (Wildman–Crippen MR) is 89.1 cm³/mol. The van der Waals surface area contributed by atoms with Crippen LogP contribution in [0.2, 0.25) is 0 Å². The molecule has 0 heterocycles. The second-order valence-electron chi connectivity index (χ2n) is 6.02. The Morgan fingerprint density at radius 2 is 1.71 bits per heavy atom. The highest BCUT2D eigenvalue weighted by Gasteiger charge is 2.31.